The highest BCUT2D eigenvalue weighted by Crippen LogP contribution is 2.27. The molecule has 0 amide bonds. The largest absolute Gasteiger partial charge is 0.481 e. The highest BCUT2D eigenvalue weighted by atomic mass is 32.2. The van der Waals surface area contributed by atoms with Gasteiger partial charge in [0.05, 0.1) is 5.92 Å². The number of carboxylic acid groups (broad SMARTS) is 1. The zero-order chi connectivity index (χ0) is 13.9. The van der Waals surface area contributed by atoms with E-state index in [9.17, 15) is 13.2 Å². The van der Waals surface area contributed by atoms with Gasteiger partial charge in [-0.15, -0.1) is 0 Å². The van der Waals surface area contributed by atoms with Gasteiger partial charge in [-0.2, -0.15) is 17.0 Å². The second-order valence-electron chi connectivity index (χ2n) is 4.89. The van der Waals surface area contributed by atoms with Gasteiger partial charge in [0.15, 0.2) is 0 Å². The summed E-state index contributed by atoms with van der Waals surface area (Å²) in [5, 5.41) is 8.85. The molecule has 1 rings (SSSR count). The average Bonchev–Trinajstić information content (AvgIpc) is 2.22. The van der Waals surface area contributed by atoms with E-state index < -0.39 is 22.1 Å². The molecule has 1 saturated heterocycles. The fourth-order valence-corrected chi connectivity index (χ4v) is 3.38. The van der Waals surface area contributed by atoms with Crippen LogP contribution in [0.4, 0.5) is 0 Å². The van der Waals surface area contributed by atoms with Crippen molar-refractivity contribution in [3.63, 3.8) is 0 Å². The highest BCUT2D eigenvalue weighted by molar-refractivity contribution is 7.86. The molecule has 0 aromatic rings. The van der Waals surface area contributed by atoms with Crippen LogP contribution in [0.2, 0.25) is 0 Å². The lowest BCUT2D eigenvalue weighted by atomic mass is 9.89. The average molecular weight is 278 g/mol. The number of hydrogen-bond acceptors (Lipinski definition) is 3. The third-order valence-electron chi connectivity index (χ3n) is 3.52. The Kier molecular flexibility index (Phi) is 5.12. The van der Waals surface area contributed by atoms with E-state index in [-0.39, 0.29) is 5.92 Å². The smallest absolute Gasteiger partial charge is 0.306 e. The first kappa shape index (κ1) is 15.4. The summed E-state index contributed by atoms with van der Waals surface area (Å²) in [4.78, 5) is 10.8. The summed E-state index contributed by atoms with van der Waals surface area (Å²) in [6.07, 6.45) is 1.77. The Bertz CT molecular complexity index is 390. The zero-order valence-electron chi connectivity index (χ0n) is 11.2. The van der Waals surface area contributed by atoms with E-state index in [1.807, 2.05) is 6.92 Å². The number of nitrogens with zero attached hydrogens (tertiary/aromatic N) is 2. The van der Waals surface area contributed by atoms with Crippen LogP contribution in [-0.4, -0.2) is 54.8 Å². The van der Waals surface area contributed by atoms with Crippen molar-refractivity contribution in [3.05, 3.63) is 0 Å². The molecular weight excluding hydrogens is 256 g/mol. The number of carboxylic acids is 1. The quantitative estimate of drug-likeness (QED) is 0.740. The summed E-state index contributed by atoms with van der Waals surface area (Å²) in [7, 11) is -1.82. The van der Waals surface area contributed by atoms with Crippen LogP contribution >= 0.6 is 0 Å². The molecule has 1 aliphatic rings. The summed E-state index contributed by atoms with van der Waals surface area (Å²) < 4.78 is 26.8. The normalized spacial score (nSPS) is 19.8. The van der Waals surface area contributed by atoms with Gasteiger partial charge >= 0.3 is 5.97 Å². The maximum Gasteiger partial charge on any atom is 0.306 e. The molecule has 0 saturated carbocycles. The Hall–Kier alpha value is -0.660. The fraction of sp³-hybridized carbons (Fsp3) is 0.909. The van der Waals surface area contributed by atoms with E-state index in [1.54, 1.807) is 14.0 Å². The minimum Gasteiger partial charge on any atom is -0.481 e. The molecule has 6 nitrogen and oxygen atoms in total. The van der Waals surface area contributed by atoms with Gasteiger partial charge in [-0.3, -0.25) is 4.79 Å². The minimum absolute atomic E-state index is 0.0724. The first-order chi connectivity index (χ1) is 8.30. The Morgan fingerprint density at radius 1 is 1.50 bits per heavy atom. The topological polar surface area (TPSA) is 77.9 Å². The summed E-state index contributed by atoms with van der Waals surface area (Å²) in [6.45, 7) is 4.76. The van der Waals surface area contributed by atoms with Crippen molar-refractivity contribution >= 4 is 16.2 Å². The summed E-state index contributed by atoms with van der Waals surface area (Å²) in [5.74, 6) is -1.43. The van der Waals surface area contributed by atoms with E-state index in [1.165, 1.54) is 8.61 Å². The summed E-state index contributed by atoms with van der Waals surface area (Å²) >= 11 is 0. The van der Waals surface area contributed by atoms with E-state index >= 15 is 0 Å². The summed E-state index contributed by atoms with van der Waals surface area (Å²) in [5.41, 5.74) is 0. The lowest BCUT2D eigenvalue weighted by molar-refractivity contribution is -0.144. The zero-order valence-corrected chi connectivity index (χ0v) is 12.0. The second kappa shape index (κ2) is 5.99. The number of rotatable bonds is 7. The molecule has 18 heavy (non-hydrogen) atoms. The van der Waals surface area contributed by atoms with Crippen LogP contribution < -0.4 is 0 Å². The van der Waals surface area contributed by atoms with Crippen LogP contribution in [0.3, 0.4) is 0 Å². The monoisotopic (exact) mass is 278 g/mol. The molecule has 0 aromatic carbocycles. The molecule has 1 aliphatic heterocycles. The van der Waals surface area contributed by atoms with Crippen LogP contribution in [0.5, 0.6) is 0 Å². The maximum absolute atomic E-state index is 12.1. The van der Waals surface area contributed by atoms with Gasteiger partial charge in [0.2, 0.25) is 0 Å². The lowest BCUT2D eigenvalue weighted by Crippen LogP contribution is -2.56. The standard InChI is InChI=1S/C11H22N2O4S/c1-4-5-6-12(3)18(16,17)13-7-10(8-13)9(2)11(14)15/h9-10H,4-8H2,1-3H3,(H,14,15). The Morgan fingerprint density at radius 2 is 2.06 bits per heavy atom. The second-order valence-corrected chi connectivity index (χ2v) is 6.92. The molecule has 7 heteroatoms. The SMILES string of the molecule is CCCCN(C)S(=O)(=O)N1CC(C(C)C(=O)O)C1. The third kappa shape index (κ3) is 3.21. The van der Waals surface area contributed by atoms with Gasteiger partial charge in [0.1, 0.15) is 0 Å². The van der Waals surface area contributed by atoms with Gasteiger partial charge in [-0.1, -0.05) is 20.3 Å². The first-order valence-corrected chi connectivity index (χ1v) is 7.64. The third-order valence-corrected chi connectivity index (χ3v) is 5.44. The number of aliphatic carboxylic acids is 1. The lowest BCUT2D eigenvalue weighted by Gasteiger charge is -2.41. The van der Waals surface area contributed by atoms with Crippen molar-refractivity contribution in [3.8, 4) is 0 Å². The van der Waals surface area contributed by atoms with Crippen molar-refractivity contribution in [2.75, 3.05) is 26.7 Å². The Balaban J connectivity index is 2.51. The van der Waals surface area contributed by atoms with E-state index in [2.05, 4.69) is 0 Å². The molecule has 0 aromatic heterocycles. The highest BCUT2D eigenvalue weighted by Gasteiger charge is 2.42. The number of hydrogen-bond donors (Lipinski definition) is 1. The van der Waals surface area contributed by atoms with Crippen molar-refractivity contribution in [1.29, 1.82) is 0 Å². The molecule has 1 N–H and O–H groups in total. The van der Waals surface area contributed by atoms with E-state index in [4.69, 9.17) is 5.11 Å². The molecule has 1 atom stereocenters. The minimum atomic E-state index is -3.39. The molecule has 106 valence electrons. The maximum atomic E-state index is 12.1. The Morgan fingerprint density at radius 3 is 2.50 bits per heavy atom. The molecule has 0 spiro atoms. The van der Waals surface area contributed by atoms with Crippen LogP contribution in [0.25, 0.3) is 0 Å². The van der Waals surface area contributed by atoms with Crippen molar-refractivity contribution < 1.29 is 18.3 Å². The van der Waals surface area contributed by atoms with Gasteiger partial charge in [0.25, 0.3) is 10.2 Å². The molecular formula is C11H22N2O4S. The Labute approximate surface area is 109 Å². The summed E-state index contributed by atoms with van der Waals surface area (Å²) in [6, 6.07) is 0. The number of carbonyl (C=O) groups is 1. The predicted molar refractivity (Wildman–Crippen MR) is 68.3 cm³/mol. The first-order valence-electron chi connectivity index (χ1n) is 6.25. The molecule has 0 radical (unpaired) electrons. The van der Waals surface area contributed by atoms with Gasteiger partial charge in [-0.25, -0.2) is 0 Å². The number of unbranched alkanes of at least 4 members (excludes halogenated alkanes) is 1. The van der Waals surface area contributed by atoms with Crippen LogP contribution in [0, 0.1) is 11.8 Å². The molecule has 1 unspecified atom stereocenters. The van der Waals surface area contributed by atoms with Crippen LogP contribution in [0.15, 0.2) is 0 Å². The van der Waals surface area contributed by atoms with Gasteiger partial charge in [0, 0.05) is 26.7 Å². The van der Waals surface area contributed by atoms with Crippen LogP contribution in [-0.2, 0) is 15.0 Å². The molecule has 0 aliphatic carbocycles. The van der Waals surface area contributed by atoms with E-state index in [0.717, 1.165) is 12.8 Å². The fourth-order valence-electron chi connectivity index (χ4n) is 1.87. The molecule has 0 bridgehead atoms. The van der Waals surface area contributed by atoms with Crippen molar-refractivity contribution in [2.24, 2.45) is 11.8 Å². The molecule has 1 fully saturated rings. The van der Waals surface area contributed by atoms with Gasteiger partial charge in [-0.05, 0) is 12.3 Å². The van der Waals surface area contributed by atoms with Gasteiger partial charge < -0.3 is 5.11 Å². The van der Waals surface area contributed by atoms with Crippen molar-refractivity contribution in [2.45, 2.75) is 26.7 Å². The van der Waals surface area contributed by atoms with Crippen LogP contribution in [0.1, 0.15) is 26.7 Å². The predicted octanol–water partition coefficient (Wildman–Crippen LogP) is 0.616. The van der Waals surface area contributed by atoms with E-state index in [0.29, 0.717) is 19.6 Å². The van der Waals surface area contributed by atoms with Crippen molar-refractivity contribution in [1.82, 2.24) is 8.61 Å². The molecule has 1 heterocycles.